The summed E-state index contributed by atoms with van der Waals surface area (Å²) in [5.41, 5.74) is 2.66. The monoisotopic (exact) mass is 427 g/mol. The van der Waals surface area contributed by atoms with Gasteiger partial charge in [-0.25, -0.2) is 0 Å². The van der Waals surface area contributed by atoms with Gasteiger partial charge in [0, 0.05) is 13.0 Å². The van der Waals surface area contributed by atoms with E-state index in [-0.39, 0.29) is 11.9 Å². The van der Waals surface area contributed by atoms with E-state index in [1.54, 1.807) is 12.5 Å². The van der Waals surface area contributed by atoms with E-state index in [4.69, 9.17) is 0 Å². The van der Waals surface area contributed by atoms with Crippen LogP contribution in [0.3, 0.4) is 0 Å². The highest BCUT2D eigenvalue weighted by molar-refractivity contribution is 5.73. The molecule has 0 spiro atoms. The highest BCUT2D eigenvalue weighted by Gasteiger charge is 2.59. The van der Waals surface area contributed by atoms with E-state index in [9.17, 15) is 4.79 Å². The predicted molar refractivity (Wildman–Crippen MR) is 131 cm³/mol. The molecule has 176 valence electrons. The summed E-state index contributed by atoms with van der Waals surface area (Å²) in [6.45, 7) is 14.3. The zero-order valence-corrected chi connectivity index (χ0v) is 21.3. The van der Waals surface area contributed by atoms with Crippen molar-refractivity contribution in [3.8, 4) is 0 Å². The lowest BCUT2D eigenvalue weighted by molar-refractivity contribution is -0.119. The summed E-state index contributed by atoms with van der Waals surface area (Å²) in [4.78, 5) is 11.6. The molecule has 0 heterocycles. The molecule has 0 bridgehead atoms. The minimum Gasteiger partial charge on any atom is -0.350 e. The Morgan fingerprint density at radius 1 is 1.03 bits per heavy atom. The molecular formula is C29H49NO. The first-order valence-electron chi connectivity index (χ1n) is 13.6. The number of nitrogens with one attached hydrogen (secondary N) is 1. The molecule has 2 heteroatoms. The molecule has 2 nitrogen and oxygen atoms in total. The summed E-state index contributed by atoms with van der Waals surface area (Å²) in [6.07, 6.45) is 17.6. The molecule has 0 aliphatic heterocycles. The summed E-state index contributed by atoms with van der Waals surface area (Å²) >= 11 is 0. The van der Waals surface area contributed by atoms with Gasteiger partial charge in [-0.05, 0) is 97.7 Å². The fraction of sp³-hybridized carbons (Fsp3) is 0.897. The summed E-state index contributed by atoms with van der Waals surface area (Å²) in [6, 6.07) is 0.272. The fourth-order valence-electron chi connectivity index (χ4n) is 9.13. The molecule has 4 aliphatic carbocycles. The molecule has 1 N–H and O–H groups in total. The van der Waals surface area contributed by atoms with Crippen LogP contribution in [0.4, 0.5) is 0 Å². The van der Waals surface area contributed by atoms with E-state index in [1.165, 1.54) is 64.2 Å². The Balaban J connectivity index is 1.47. The molecule has 0 aromatic carbocycles. The van der Waals surface area contributed by atoms with Crippen LogP contribution in [0.2, 0.25) is 0 Å². The van der Waals surface area contributed by atoms with E-state index in [2.05, 4.69) is 46.0 Å². The number of rotatable bonds is 6. The number of carbonyl (C=O) groups is 1. The molecule has 3 fully saturated rings. The maximum absolute atomic E-state index is 11.6. The fourth-order valence-corrected chi connectivity index (χ4v) is 9.13. The van der Waals surface area contributed by atoms with Crippen molar-refractivity contribution in [3.63, 3.8) is 0 Å². The second-order valence-electron chi connectivity index (χ2n) is 12.9. The third-order valence-corrected chi connectivity index (χ3v) is 10.7. The number of carbonyl (C=O) groups excluding carboxylic acids is 1. The molecule has 0 aromatic heterocycles. The molecule has 0 radical (unpaired) electrons. The maximum atomic E-state index is 11.6. The number of amides is 1. The van der Waals surface area contributed by atoms with Gasteiger partial charge < -0.3 is 5.32 Å². The topological polar surface area (TPSA) is 29.1 Å². The molecule has 4 rings (SSSR count). The molecular weight excluding hydrogens is 378 g/mol. The number of fused-ring (bicyclic) bond motifs is 5. The lowest BCUT2D eigenvalue weighted by Crippen LogP contribution is -2.51. The van der Waals surface area contributed by atoms with Crippen molar-refractivity contribution in [1.29, 1.82) is 0 Å². The molecule has 1 amide bonds. The summed E-state index contributed by atoms with van der Waals surface area (Å²) in [5.74, 6) is 5.58. The second-order valence-corrected chi connectivity index (χ2v) is 12.9. The number of hydrogen-bond donors (Lipinski definition) is 1. The zero-order chi connectivity index (χ0) is 22.4. The van der Waals surface area contributed by atoms with Crippen molar-refractivity contribution in [2.45, 2.75) is 118 Å². The zero-order valence-electron chi connectivity index (χ0n) is 21.3. The first kappa shape index (κ1) is 23.4. The molecule has 3 saturated carbocycles. The predicted octanol–water partition coefficient (Wildman–Crippen LogP) is 7.53. The van der Waals surface area contributed by atoms with Crippen molar-refractivity contribution < 1.29 is 4.79 Å². The van der Waals surface area contributed by atoms with Gasteiger partial charge in [0.25, 0.3) is 0 Å². The van der Waals surface area contributed by atoms with Crippen LogP contribution in [0.25, 0.3) is 0 Å². The van der Waals surface area contributed by atoms with Crippen LogP contribution >= 0.6 is 0 Å². The van der Waals surface area contributed by atoms with E-state index in [0.717, 1.165) is 41.9 Å². The smallest absolute Gasteiger partial charge is 0.217 e. The van der Waals surface area contributed by atoms with E-state index >= 15 is 0 Å². The second kappa shape index (κ2) is 8.86. The molecule has 0 saturated heterocycles. The normalized spacial score (nSPS) is 42.9. The van der Waals surface area contributed by atoms with Crippen LogP contribution in [0.5, 0.6) is 0 Å². The van der Waals surface area contributed by atoms with Gasteiger partial charge in [0.15, 0.2) is 0 Å². The van der Waals surface area contributed by atoms with Crippen LogP contribution in [0.15, 0.2) is 11.6 Å². The Morgan fingerprint density at radius 2 is 1.81 bits per heavy atom. The van der Waals surface area contributed by atoms with Gasteiger partial charge in [-0.1, -0.05) is 65.5 Å². The highest BCUT2D eigenvalue weighted by atomic mass is 16.1. The third kappa shape index (κ3) is 4.26. The molecule has 31 heavy (non-hydrogen) atoms. The van der Waals surface area contributed by atoms with Crippen molar-refractivity contribution in [2.75, 3.05) is 0 Å². The molecule has 4 aliphatic rings. The van der Waals surface area contributed by atoms with Gasteiger partial charge in [0.2, 0.25) is 5.91 Å². The van der Waals surface area contributed by atoms with E-state index < -0.39 is 0 Å². The number of allylic oxidation sites excluding steroid dienone is 1. The van der Waals surface area contributed by atoms with Gasteiger partial charge in [0.1, 0.15) is 0 Å². The minimum atomic E-state index is 0.118. The largest absolute Gasteiger partial charge is 0.350 e. The van der Waals surface area contributed by atoms with Gasteiger partial charge in [-0.15, -0.1) is 0 Å². The van der Waals surface area contributed by atoms with Crippen molar-refractivity contribution in [1.82, 2.24) is 5.32 Å². The molecule has 0 unspecified atom stereocenters. The summed E-state index contributed by atoms with van der Waals surface area (Å²) in [5, 5.41) is 3.17. The Bertz CT molecular complexity index is 695. The molecule has 0 aromatic rings. The summed E-state index contributed by atoms with van der Waals surface area (Å²) in [7, 11) is 0. The Morgan fingerprint density at radius 3 is 2.52 bits per heavy atom. The number of hydrogen-bond acceptors (Lipinski definition) is 1. The average molecular weight is 428 g/mol. The van der Waals surface area contributed by atoms with Crippen LogP contribution < -0.4 is 5.32 Å². The van der Waals surface area contributed by atoms with Gasteiger partial charge in [-0.2, -0.15) is 0 Å². The van der Waals surface area contributed by atoms with Crippen LogP contribution in [-0.4, -0.2) is 11.9 Å². The van der Waals surface area contributed by atoms with Crippen molar-refractivity contribution in [3.05, 3.63) is 11.6 Å². The van der Waals surface area contributed by atoms with Crippen LogP contribution in [0, 0.1) is 46.3 Å². The quantitative estimate of drug-likeness (QED) is 0.436. The van der Waals surface area contributed by atoms with Gasteiger partial charge >= 0.3 is 0 Å². The van der Waals surface area contributed by atoms with Crippen molar-refractivity contribution in [2.24, 2.45) is 46.3 Å². The van der Waals surface area contributed by atoms with E-state index in [1.807, 2.05) is 0 Å². The standard InChI is InChI=1S/C29H49NO/c1-19(2)8-7-9-20(3)25-12-13-26-24-11-10-22-18-23(30-21(4)31)14-16-28(22,5)27(24)15-17-29(25,26)6/h18-20,23-27H,7-17H2,1-6H3,(H,30,31)/t20-,23+,24+,25-,26+,27+,28+,29-/m1/s1. The first-order chi connectivity index (χ1) is 14.6. The third-order valence-electron chi connectivity index (χ3n) is 10.7. The Labute approximate surface area is 192 Å². The van der Waals surface area contributed by atoms with Crippen LogP contribution in [0.1, 0.15) is 112 Å². The average Bonchev–Trinajstić information content (AvgIpc) is 3.05. The molecule has 8 atom stereocenters. The lowest BCUT2D eigenvalue weighted by Gasteiger charge is -2.59. The SMILES string of the molecule is CC(=O)N[C@@H]1C=C2CC[C@H]3[C@@H]4CC[C@H]([C@H](C)CCCC(C)C)[C@@]4(C)CC[C@@H]3[C@@]2(C)CC1. The minimum absolute atomic E-state index is 0.118. The highest BCUT2D eigenvalue weighted by Crippen LogP contribution is 2.67. The maximum Gasteiger partial charge on any atom is 0.217 e. The Kier molecular flexibility index (Phi) is 6.68. The van der Waals surface area contributed by atoms with Crippen molar-refractivity contribution >= 4 is 5.91 Å². The van der Waals surface area contributed by atoms with Crippen LogP contribution in [-0.2, 0) is 4.79 Å². The first-order valence-corrected chi connectivity index (χ1v) is 13.6. The van der Waals surface area contributed by atoms with Gasteiger partial charge in [-0.3, -0.25) is 4.79 Å². The Hall–Kier alpha value is -0.790. The van der Waals surface area contributed by atoms with E-state index in [0.29, 0.717) is 10.8 Å². The lowest BCUT2D eigenvalue weighted by atomic mass is 9.46. The summed E-state index contributed by atoms with van der Waals surface area (Å²) < 4.78 is 0. The van der Waals surface area contributed by atoms with Gasteiger partial charge in [0.05, 0.1) is 0 Å².